The monoisotopic (exact) mass is 285 g/mol. The van der Waals surface area contributed by atoms with Crippen molar-refractivity contribution in [1.29, 1.82) is 0 Å². The number of carbonyl (C=O) groups is 1. The third-order valence-corrected chi connectivity index (χ3v) is 3.60. The molecule has 0 N–H and O–H groups in total. The molecule has 0 spiro atoms. The quantitative estimate of drug-likeness (QED) is 0.851. The number of nitrogens with zero attached hydrogens (tertiary/aromatic N) is 3. The zero-order valence-electron chi connectivity index (χ0n) is 11.8. The number of piperidine rings is 1. The van der Waals surface area contributed by atoms with Crippen LogP contribution >= 0.6 is 0 Å². The highest BCUT2D eigenvalue weighted by atomic mass is 19.1. The van der Waals surface area contributed by atoms with E-state index in [-0.39, 0.29) is 11.6 Å². The highest BCUT2D eigenvalue weighted by Gasteiger charge is 2.19. The summed E-state index contributed by atoms with van der Waals surface area (Å²) < 4.78 is 13.9. The minimum absolute atomic E-state index is 0.284. The first kappa shape index (κ1) is 13.7. The van der Waals surface area contributed by atoms with E-state index in [0.717, 1.165) is 11.5 Å². The van der Waals surface area contributed by atoms with E-state index >= 15 is 0 Å². The summed E-state index contributed by atoms with van der Waals surface area (Å²) in [5, 5.41) is 0. The first-order chi connectivity index (χ1) is 10.1. The molecule has 0 bridgehead atoms. The van der Waals surface area contributed by atoms with Crippen molar-refractivity contribution in [3.63, 3.8) is 0 Å². The van der Waals surface area contributed by atoms with Crippen LogP contribution in [0.2, 0.25) is 0 Å². The summed E-state index contributed by atoms with van der Waals surface area (Å²) in [7, 11) is 0. The Kier molecular flexibility index (Phi) is 3.64. The number of Topliss-reactive ketones (excluding diaryl/α,β-unsaturated/α-hetero) is 1. The molecule has 108 valence electrons. The Bertz CT molecular complexity index is 677. The van der Waals surface area contributed by atoms with E-state index in [9.17, 15) is 9.18 Å². The van der Waals surface area contributed by atoms with Crippen LogP contribution in [0.1, 0.15) is 18.5 Å². The summed E-state index contributed by atoms with van der Waals surface area (Å²) >= 11 is 0. The predicted molar refractivity (Wildman–Crippen MR) is 78.6 cm³/mol. The van der Waals surface area contributed by atoms with Gasteiger partial charge in [0, 0.05) is 37.7 Å². The summed E-state index contributed by atoms with van der Waals surface area (Å²) in [5.74, 6) is 1.10. The number of aromatic nitrogens is 2. The second-order valence-corrected chi connectivity index (χ2v) is 5.20. The smallest absolute Gasteiger partial charge is 0.164 e. The Morgan fingerprint density at radius 3 is 2.57 bits per heavy atom. The van der Waals surface area contributed by atoms with Crippen LogP contribution in [-0.2, 0) is 4.79 Å². The molecule has 1 aliphatic rings. The lowest BCUT2D eigenvalue weighted by molar-refractivity contribution is -0.119. The number of ketones is 1. The zero-order chi connectivity index (χ0) is 14.8. The lowest BCUT2D eigenvalue weighted by Gasteiger charge is -2.27. The fourth-order valence-corrected chi connectivity index (χ4v) is 2.46. The normalized spacial score (nSPS) is 15.3. The highest BCUT2D eigenvalue weighted by Crippen LogP contribution is 2.23. The van der Waals surface area contributed by atoms with Gasteiger partial charge >= 0.3 is 0 Å². The third kappa shape index (κ3) is 2.91. The third-order valence-electron chi connectivity index (χ3n) is 3.60. The molecule has 2 aromatic rings. The van der Waals surface area contributed by atoms with E-state index in [2.05, 4.69) is 14.9 Å². The van der Waals surface area contributed by atoms with Crippen molar-refractivity contribution in [3.05, 3.63) is 41.8 Å². The molecule has 1 saturated heterocycles. The van der Waals surface area contributed by atoms with Gasteiger partial charge in [-0.2, -0.15) is 0 Å². The summed E-state index contributed by atoms with van der Waals surface area (Å²) in [4.78, 5) is 22.2. The largest absolute Gasteiger partial charge is 0.356 e. The molecule has 0 aliphatic carbocycles. The van der Waals surface area contributed by atoms with Crippen LogP contribution in [0.3, 0.4) is 0 Å². The van der Waals surface area contributed by atoms with E-state index < -0.39 is 0 Å². The molecule has 0 amide bonds. The molecule has 0 unspecified atom stereocenters. The van der Waals surface area contributed by atoms with Crippen LogP contribution < -0.4 is 4.90 Å². The summed E-state index contributed by atoms with van der Waals surface area (Å²) in [6.45, 7) is 3.18. The van der Waals surface area contributed by atoms with Gasteiger partial charge in [-0.05, 0) is 19.1 Å². The van der Waals surface area contributed by atoms with Crippen LogP contribution in [0.5, 0.6) is 0 Å². The van der Waals surface area contributed by atoms with E-state index in [0.29, 0.717) is 37.3 Å². The maximum atomic E-state index is 13.9. The zero-order valence-corrected chi connectivity index (χ0v) is 11.8. The number of benzene rings is 1. The van der Waals surface area contributed by atoms with E-state index in [1.807, 2.05) is 13.0 Å². The standard InChI is InChI=1S/C16H16FN3O/c1-11-10-15(20-8-6-12(21)7-9-20)19-16(18-11)13-4-2-3-5-14(13)17/h2-5,10H,6-9H2,1H3. The second-order valence-electron chi connectivity index (χ2n) is 5.20. The molecule has 21 heavy (non-hydrogen) atoms. The molecule has 0 radical (unpaired) electrons. The minimum atomic E-state index is -0.331. The van der Waals surface area contributed by atoms with Gasteiger partial charge in [0.05, 0.1) is 5.56 Å². The number of hydrogen-bond acceptors (Lipinski definition) is 4. The van der Waals surface area contributed by atoms with Crippen molar-refractivity contribution in [3.8, 4) is 11.4 Å². The minimum Gasteiger partial charge on any atom is -0.356 e. The van der Waals surface area contributed by atoms with Gasteiger partial charge in [0.1, 0.15) is 17.4 Å². The molecule has 2 heterocycles. The van der Waals surface area contributed by atoms with E-state index in [4.69, 9.17) is 0 Å². The lowest BCUT2D eigenvalue weighted by Crippen LogP contribution is -2.34. The summed E-state index contributed by atoms with van der Waals surface area (Å²) in [6, 6.07) is 8.36. The van der Waals surface area contributed by atoms with Gasteiger partial charge in [0.2, 0.25) is 0 Å². The number of rotatable bonds is 2. The first-order valence-electron chi connectivity index (χ1n) is 7.01. The SMILES string of the molecule is Cc1cc(N2CCC(=O)CC2)nc(-c2ccccc2F)n1. The van der Waals surface area contributed by atoms with E-state index in [1.165, 1.54) is 6.07 Å². The van der Waals surface area contributed by atoms with Gasteiger partial charge in [0.25, 0.3) is 0 Å². The highest BCUT2D eigenvalue weighted by molar-refractivity contribution is 5.80. The maximum absolute atomic E-state index is 13.9. The van der Waals surface area contributed by atoms with Gasteiger partial charge in [-0.15, -0.1) is 0 Å². The van der Waals surface area contributed by atoms with Crippen LogP contribution in [0.15, 0.2) is 30.3 Å². The molecule has 5 heteroatoms. The van der Waals surface area contributed by atoms with Crippen molar-refractivity contribution in [1.82, 2.24) is 9.97 Å². The second kappa shape index (κ2) is 5.60. The van der Waals surface area contributed by atoms with Crippen molar-refractivity contribution >= 4 is 11.6 Å². The number of hydrogen-bond donors (Lipinski definition) is 0. The Hall–Kier alpha value is -2.30. The van der Waals surface area contributed by atoms with E-state index in [1.54, 1.807) is 18.2 Å². The lowest BCUT2D eigenvalue weighted by atomic mass is 10.1. The van der Waals surface area contributed by atoms with Crippen LogP contribution in [0.25, 0.3) is 11.4 Å². The topological polar surface area (TPSA) is 46.1 Å². The summed E-state index contributed by atoms with van der Waals surface area (Å²) in [6.07, 6.45) is 1.08. The van der Waals surface area contributed by atoms with Crippen LogP contribution in [0.4, 0.5) is 10.2 Å². The molecule has 4 nitrogen and oxygen atoms in total. The molecular formula is C16H16FN3O. The maximum Gasteiger partial charge on any atom is 0.164 e. The average Bonchev–Trinajstić information content (AvgIpc) is 2.48. The van der Waals surface area contributed by atoms with Crippen molar-refractivity contribution in [2.24, 2.45) is 0 Å². The molecule has 3 rings (SSSR count). The Morgan fingerprint density at radius 1 is 1.14 bits per heavy atom. The van der Waals surface area contributed by atoms with Gasteiger partial charge in [-0.25, -0.2) is 14.4 Å². The van der Waals surface area contributed by atoms with Crippen molar-refractivity contribution < 1.29 is 9.18 Å². The fourth-order valence-electron chi connectivity index (χ4n) is 2.46. The van der Waals surface area contributed by atoms with Crippen molar-refractivity contribution in [2.75, 3.05) is 18.0 Å². The molecule has 1 aromatic carbocycles. The molecule has 0 saturated carbocycles. The number of aryl methyl sites for hydroxylation is 1. The average molecular weight is 285 g/mol. The number of halogens is 1. The number of anilines is 1. The van der Waals surface area contributed by atoms with Crippen LogP contribution in [0, 0.1) is 12.7 Å². The molecular weight excluding hydrogens is 269 g/mol. The summed E-state index contributed by atoms with van der Waals surface area (Å²) in [5.41, 5.74) is 1.19. The van der Waals surface area contributed by atoms with Gasteiger partial charge in [-0.1, -0.05) is 12.1 Å². The molecule has 1 aliphatic heterocycles. The first-order valence-corrected chi connectivity index (χ1v) is 7.01. The van der Waals surface area contributed by atoms with Gasteiger partial charge in [0.15, 0.2) is 5.82 Å². The fraction of sp³-hybridized carbons (Fsp3) is 0.312. The Morgan fingerprint density at radius 2 is 1.86 bits per heavy atom. The molecule has 0 atom stereocenters. The van der Waals surface area contributed by atoms with Crippen molar-refractivity contribution in [2.45, 2.75) is 19.8 Å². The Balaban J connectivity index is 1.97. The predicted octanol–water partition coefficient (Wildman–Crippen LogP) is 2.76. The van der Waals surface area contributed by atoms with Crippen LogP contribution in [-0.4, -0.2) is 28.8 Å². The van der Waals surface area contributed by atoms with Gasteiger partial charge in [-0.3, -0.25) is 4.79 Å². The molecule has 1 fully saturated rings. The number of carbonyl (C=O) groups excluding carboxylic acids is 1. The van der Waals surface area contributed by atoms with Gasteiger partial charge < -0.3 is 4.90 Å². The molecule has 1 aromatic heterocycles. The Labute approximate surface area is 122 Å².